The van der Waals surface area contributed by atoms with Crippen LogP contribution in [0.25, 0.3) is 10.1 Å². The van der Waals surface area contributed by atoms with Crippen molar-refractivity contribution in [2.45, 2.75) is 22.9 Å². The molecule has 4 aromatic rings. The Morgan fingerprint density at radius 2 is 1.98 bits per heavy atom. The van der Waals surface area contributed by atoms with Crippen molar-refractivity contribution < 1.29 is 37.3 Å². The maximum Gasteiger partial charge on any atom is 0.510 e. The highest BCUT2D eigenvalue weighted by molar-refractivity contribution is 7.99. The van der Waals surface area contributed by atoms with E-state index >= 15 is 4.39 Å². The number of morpholine rings is 1. The molecule has 43 heavy (non-hydrogen) atoms. The Morgan fingerprint density at radius 3 is 2.81 bits per heavy atom. The van der Waals surface area contributed by atoms with Gasteiger partial charge in [-0.1, -0.05) is 24.3 Å². The minimum atomic E-state index is -1.02. The molecule has 0 N–H and O–H groups in total. The Bertz CT molecular complexity index is 1840. The highest BCUT2D eigenvalue weighted by Crippen LogP contribution is 2.51. The molecule has 7 rings (SSSR count). The van der Waals surface area contributed by atoms with E-state index in [-0.39, 0.29) is 42.5 Å². The van der Waals surface area contributed by atoms with Gasteiger partial charge in [-0.25, -0.2) is 13.6 Å². The zero-order valence-electron chi connectivity index (χ0n) is 22.6. The van der Waals surface area contributed by atoms with Gasteiger partial charge in [-0.3, -0.25) is 19.3 Å². The third-order valence-corrected chi connectivity index (χ3v) is 10.2. The van der Waals surface area contributed by atoms with Crippen molar-refractivity contribution >= 4 is 45.2 Å². The zero-order valence-corrected chi connectivity index (χ0v) is 24.2. The number of thiophene rings is 1. The number of thioether (sulfide) groups is 1. The number of carbonyl (C=O) groups is 2. The Kier molecular flexibility index (Phi) is 6.98. The molecule has 0 bridgehead atoms. The monoisotopic (exact) mass is 627 g/mol. The summed E-state index contributed by atoms with van der Waals surface area (Å²) in [6, 6.07) is 11.1. The summed E-state index contributed by atoms with van der Waals surface area (Å²) < 4.78 is 53.3. The molecule has 0 radical (unpaired) electrons. The second-order valence-corrected chi connectivity index (χ2v) is 12.0. The Labute approximate surface area is 251 Å². The molecular formula is C29H23F2N3O7S2. The molecule has 222 valence electrons. The summed E-state index contributed by atoms with van der Waals surface area (Å²) in [7, 11) is 1.13. The molecule has 5 heterocycles. The first-order valence-electron chi connectivity index (χ1n) is 13.3. The van der Waals surface area contributed by atoms with Crippen LogP contribution in [0.15, 0.2) is 58.4 Å². The molecular weight excluding hydrogens is 604 g/mol. The van der Waals surface area contributed by atoms with Gasteiger partial charge in [-0.15, -0.1) is 23.1 Å². The molecule has 14 heteroatoms. The number of amides is 1. The van der Waals surface area contributed by atoms with Crippen LogP contribution in [0, 0.1) is 11.6 Å². The minimum Gasteiger partial charge on any atom is -0.451 e. The third kappa shape index (κ3) is 4.43. The molecule has 10 nitrogen and oxygen atoms in total. The number of nitrogens with zero attached hydrogens (tertiary/aromatic N) is 3. The zero-order chi connectivity index (χ0) is 29.8. The van der Waals surface area contributed by atoms with Gasteiger partial charge >= 0.3 is 6.16 Å². The fraction of sp³-hybridized carbons (Fsp3) is 0.276. The summed E-state index contributed by atoms with van der Waals surface area (Å²) in [4.78, 5) is 41.9. The summed E-state index contributed by atoms with van der Waals surface area (Å²) in [5.74, 6) is -2.49. The van der Waals surface area contributed by atoms with Gasteiger partial charge < -0.3 is 23.8 Å². The van der Waals surface area contributed by atoms with Gasteiger partial charge in [-0.2, -0.15) is 0 Å². The second-order valence-electron chi connectivity index (χ2n) is 9.91. The lowest BCUT2D eigenvalue weighted by molar-refractivity contribution is -0.0208. The van der Waals surface area contributed by atoms with E-state index in [0.717, 1.165) is 33.0 Å². The smallest absolute Gasteiger partial charge is 0.451 e. The highest BCUT2D eigenvalue weighted by atomic mass is 32.2. The topological polar surface area (TPSA) is 99.5 Å². The average Bonchev–Trinajstić information content (AvgIpc) is 3.30. The lowest BCUT2D eigenvalue weighted by atomic mass is 9.97. The maximum atomic E-state index is 15.5. The predicted molar refractivity (Wildman–Crippen MR) is 153 cm³/mol. The summed E-state index contributed by atoms with van der Waals surface area (Å²) in [6.45, 7) is -0.0686. The van der Waals surface area contributed by atoms with Crippen LogP contribution >= 0.6 is 23.1 Å². The van der Waals surface area contributed by atoms with E-state index in [1.165, 1.54) is 40.0 Å². The van der Waals surface area contributed by atoms with E-state index < -0.39 is 48.1 Å². The van der Waals surface area contributed by atoms with Crippen molar-refractivity contribution in [3.63, 3.8) is 0 Å². The largest absolute Gasteiger partial charge is 0.510 e. The molecule has 2 aromatic carbocycles. The first-order valence-corrected chi connectivity index (χ1v) is 15.1. The maximum absolute atomic E-state index is 15.5. The Morgan fingerprint density at radius 1 is 1.14 bits per heavy atom. The normalized spacial score (nSPS) is 19.2. The van der Waals surface area contributed by atoms with Gasteiger partial charge in [0.25, 0.3) is 5.91 Å². The van der Waals surface area contributed by atoms with E-state index in [2.05, 4.69) is 4.74 Å². The lowest BCUT2D eigenvalue weighted by Crippen LogP contribution is -2.66. The third-order valence-electron chi connectivity index (χ3n) is 7.68. The van der Waals surface area contributed by atoms with Gasteiger partial charge in [0.1, 0.15) is 12.2 Å². The highest BCUT2D eigenvalue weighted by Gasteiger charge is 2.47. The first kappa shape index (κ1) is 27.7. The van der Waals surface area contributed by atoms with Crippen LogP contribution < -0.4 is 15.2 Å². The van der Waals surface area contributed by atoms with E-state index in [9.17, 15) is 18.8 Å². The number of ether oxygens (including phenoxy) is 4. The van der Waals surface area contributed by atoms with E-state index in [1.54, 1.807) is 11.0 Å². The van der Waals surface area contributed by atoms with Gasteiger partial charge in [0.05, 0.1) is 20.3 Å². The quantitative estimate of drug-likeness (QED) is 0.237. The van der Waals surface area contributed by atoms with Crippen LogP contribution in [0.3, 0.4) is 0 Å². The number of fused-ring (bicyclic) bond motifs is 6. The molecule has 0 spiro atoms. The van der Waals surface area contributed by atoms with Crippen LogP contribution in [0.5, 0.6) is 5.75 Å². The van der Waals surface area contributed by atoms with Gasteiger partial charge in [0, 0.05) is 50.0 Å². The summed E-state index contributed by atoms with van der Waals surface area (Å²) >= 11 is 2.96. The number of carbonyl (C=O) groups excluding carboxylic acids is 2. The number of hydrogen-bond donors (Lipinski definition) is 0. The number of hydrogen-bond acceptors (Lipinski definition) is 10. The van der Waals surface area contributed by atoms with Crippen molar-refractivity contribution in [2.75, 3.05) is 38.7 Å². The number of pyridine rings is 1. The van der Waals surface area contributed by atoms with E-state index in [1.807, 2.05) is 29.3 Å². The fourth-order valence-corrected chi connectivity index (χ4v) is 8.53. The van der Waals surface area contributed by atoms with Crippen LogP contribution in [-0.2, 0) is 20.0 Å². The van der Waals surface area contributed by atoms with Crippen molar-refractivity contribution in [2.24, 2.45) is 0 Å². The summed E-state index contributed by atoms with van der Waals surface area (Å²) in [5, 5.41) is 2.85. The van der Waals surface area contributed by atoms with Crippen molar-refractivity contribution in [3.05, 3.63) is 92.2 Å². The summed E-state index contributed by atoms with van der Waals surface area (Å²) in [6.07, 6.45) is -0.229. The number of methoxy groups -OCH3 is 1. The SMILES string of the molecule is COC(=O)OCOc1c2n(ccc1=O)N(C1c3ccc(F)c(F)c3CSc3c1sc1ccccc31)C1COCCN1C2=O. The molecule has 2 atom stereocenters. The fourth-order valence-electron chi connectivity index (χ4n) is 5.78. The molecule has 2 aromatic heterocycles. The van der Waals surface area contributed by atoms with Crippen LogP contribution in [-0.4, -0.2) is 61.5 Å². The number of halogens is 2. The van der Waals surface area contributed by atoms with Crippen molar-refractivity contribution in [1.82, 2.24) is 9.58 Å². The molecule has 1 saturated heterocycles. The molecule has 1 amide bonds. The molecule has 0 aliphatic carbocycles. The van der Waals surface area contributed by atoms with E-state index in [0.29, 0.717) is 5.56 Å². The van der Waals surface area contributed by atoms with Gasteiger partial charge in [0.15, 0.2) is 17.3 Å². The molecule has 3 aliphatic rings. The number of rotatable bonds is 4. The van der Waals surface area contributed by atoms with E-state index in [4.69, 9.17) is 14.2 Å². The predicted octanol–water partition coefficient (Wildman–Crippen LogP) is 4.61. The molecule has 2 unspecified atom stereocenters. The van der Waals surface area contributed by atoms with Gasteiger partial charge in [-0.05, 0) is 17.7 Å². The van der Waals surface area contributed by atoms with Crippen LogP contribution in [0.1, 0.15) is 32.5 Å². The standard InChI is InChI=1S/C29H23F2N3O7S2/c1-38-29(37)41-14-40-25-19(35)8-9-33-24(25)28(36)32-10-11-39-12-21(32)34(33)23-15-6-7-18(30)22(31)17(15)13-42-26-16-4-2-3-5-20(16)43-27(23)26/h2-9,21,23H,10-14H2,1H3. The first-order chi connectivity index (χ1) is 20.9. The van der Waals surface area contributed by atoms with Crippen LogP contribution in [0.4, 0.5) is 13.6 Å². The number of benzene rings is 2. The van der Waals surface area contributed by atoms with Crippen LogP contribution in [0.2, 0.25) is 0 Å². The Hall–Kier alpha value is -4.14. The average molecular weight is 628 g/mol. The van der Waals surface area contributed by atoms with Crippen molar-refractivity contribution in [1.29, 1.82) is 0 Å². The summed E-state index contributed by atoms with van der Waals surface area (Å²) in [5.41, 5.74) is 0.0425. The van der Waals surface area contributed by atoms with Crippen molar-refractivity contribution in [3.8, 4) is 5.75 Å². The number of aromatic nitrogens is 1. The minimum absolute atomic E-state index is 0.0946. The molecule has 1 fully saturated rings. The molecule has 0 saturated carbocycles. The van der Waals surface area contributed by atoms with Gasteiger partial charge in [0.2, 0.25) is 18.0 Å². The molecule has 3 aliphatic heterocycles. The Balaban J connectivity index is 1.48. The lowest BCUT2D eigenvalue weighted by Gasteiger charge is -2.51. The second kappa shape index (κ2) is 10.8.